The van der Waals surface area contributed by atoms with Gasteiger partial charge in [-0.05, 0) is 25.7 Å². The number of nitrogens with one attached hydrogen (secondary N) is 1. The fourth-order valence-electron chi connectivity index (χ4n) is 4.97. The van der Waals surface area contributed by atoms with Gasteiger partial charge in [-0.25, -0.2) is 0 Å². The Bertz CT molecular complexity index is 502. The van der Waals surface area contributed by atoms with E-state index in [9.17, 15) is 14.4 Å². The maximum absolute atomic E-state index is 12.5. The minimum atomic E-state index is -0.543. The third kappa shape index (κ3) is 3.52. The van der Waals surface area contributed by atoms with Gasteiger partial charge in [-0.3, -0.25) is 19.3 Å². The van der Waals surface area contributed by atoms with Crippen LogP contribution in [0.3, 0.4) is 0 Å². The lowest BCUT2D eigenvalue weighted by Gasteiger charge is -2.26. The van der Waals surface area contributed by atoms with E-state index in [1.54, 1.807) is 0 Å². The molecule has 7 nitrogen and oxygen atoms in total. The van der Waals surface area contributed by atoms with Crippen LogP contribution in [0.15, 0.2) is 0 Å². The molecular weight excluding hydrogens is 324 g/mol. The smallest absolute Gasteiger partial charge is 0.311 e. The van der Waals surface area contributed by atoms with E-state index >= 15 is 0 Å². The van der Waals surface area contributed by atoms with Gasteiger partial charge in [-0.2, -0.15) is 0 Å². The molecule has 4 atom stereocenters. The Morgan fingerprint density at radius 2 is 1.40 bits per heavy atom. The summed E-state index contributed by atoms with van der Waals surface area (Å²) in [6.07, 6.45) is 7.24. The topological polar surface area (TPSA) is 84.9 Å². The molecule has 2 aliphatic heterocycles. The van der Waals surface area contributed by atoms with Crippen molar-refractivity contribution in [2.45, 2.75) is 63.1 Å². The summed E-state index contributed by atoms with van der Waals surface area (Å²) in [5, 5.41) is 3.12. The number of hydrogen-bond donors (Lipinski definition) is 1. The number of ether oxygens (including phenoxy) is 2. The number of esters is 2. The zero-order valence-electron chi connectivity index (χ0n) is 15.0. The van der Waals surface area contributed by atoms with Gasteiger partial charge in [0.1, 0.15) is 0 Å². The van der Waals surface area contributed by atoms with Crippen molar-refractivity contribution >= 4 is 17.8 Å². The number of nitrogens with zero attached hydrogens (tertiary/aromatic N) is 1. The third-order valence-electron chi connectivity index (χ3n) is 6.07. The first-order valence-corrected chi connectivity index (χ1v) is 9.27. The van der Waals surface area contributed by atoms with E-state index in [0.717, 1.165) is 38.5 Å². The number of rotatable bonds is 5. The summed E-state index contributed by atoms with van der Waals surface area (Å²) in [6.45, 7) is 0.229. The first-order valence-electron chi connectivity index (χ1n) is 9.27. The molecule has 0 aromatic heterocycles. The average molecular weight is 352 g/mol. The molecule has 1 aliphatic carbocycles. The van der Waals surface area contributed by atoms with Crippen LogP contribution in [0.2, 0.25) is 0 Å². The van der Waals surface area contributed by atoms with E-state index in [4.69, 9.17) is 9.47 Å². The Hall–Kier alpha value is -1.63. The van der Waals surface area contributed by atoms with E-state index in [-0.39, 0.29) is 42.5 Å². The van der Waals surface area contributed by atoms with Crippen LogP contribution in [0.1, 0.15) is 44.9 Å². The van der Waals surface area contributed by atoms with Gasteiger partial charge in [0.25, 0.3) is 0 Å². The number of carbonyl (C=O) groups excluding carboxylic acids is 3. The van der Waals surface area contributed by atoms with Gasteiger partial charge in [-0.15, -0.1) is 0 Å². The summed E-state index contributed by atoms with van der Waals surface area (Å²) >= 11 is 0. The Morgan fingerprint density at radius 1 is 0.880 bits per heavy atom. The van der Waals surface area contributed by atoms with Crippen molar-refractivity contribution in [3.63, 3.8) is 0 Å². The second-order valence-corrected chi connectivity index (χ2v) is 7.38. The van der Waals surface area contributed by atoms with Crippen molar-refractivity contribution in [1.29, 1.82) is 0 Å². The zero-order valence-corrected chi connectivity index (χ0v) is 15.0. The van der Waals surface area contributed by atoms with Crippen LogP contribution >= 0.6 is 0 Å². The predicted octanol–water partition coefficient (Wildman–Crippen LogP) is 0.860. The van der Waals surface area contributed by atoms with Crippen LogP contribution in [-0.4, -0.2) is 61.6 Å². The number of carbonyl (C=O) groups is 3. The Labute approximate surface area is 148 Å². The van der Waals surface area contributed by atoms with Crippen molar-refractivity contribution in [2.24, 2.45) is 11.8 Å². The van der Waals surface area contributed by atoms with Crippen LogP contribution < -0.4 is 5.32 Å². The van der Waals surface area contributed by atoms with E-state index < -0.39 is 11.8 Å². The maximum Gasteiger partial charge on any atom is 0.311 e. The summed E-state index contributed by atoms with van der Waals surface area (Å²) in [5.41, 5.74) is 0. The number of methoxy groups -OCH3 is 2. The molecular formula is C18H28N2O5. The van der Waals surface area contributed by atoms with Crippen molar-refractivity contribution in [3.05, 3.63) is 0 Å². The van der Waals surface area contributed by atoms with Crippen molar-refractivity contribution < 1.29 is 23.9 Å². The van der Waals surface area contributed by atoms with Gasteiger partial charge in [0.05, 0.1) is 32.6 Å². The fraction of sp³-hybridized carbons (Fsp3) is 0.833. The molecule has 3 rings (SSSR count). The van der Waals surface area contributed by atoms with E-state index in [1.807, 2.05) is 4.90 Å². The van der Waals surface area contributed by atoms with E-state index in [2.05, 4.69) is 5.32 Å². The largest absolute Gasteiger partial charge is 0.469 e. The van der Waals surface area contributed by atoms with E-state index in [1.165, 1.54) is 20.6 Å². The normalized spacial score (nSPS) is 32.4. The molecule has 2 saturated heterocycles. The van der Waals surface area contributed by atoms with Crippen molar-refractivity contribution in [1.82, 2.24) is 10.2 Å². The van der Waals surface area contributed by atoms with Crippen LogP contribution in [-0.2, 0) is 23.9 Å². The fourth-order valence-corrected chi connectivity index (χ4v) is 4.97. The SMILES string of the molecule is COC(=O)[C@H]1[C@H](C(=O)OC)[C@@H]2CC[C@H]1N2CC(=O)NC1CCCCC1. The lowest BCUT2D eigenvalue weighted by Crippen LogP contribution is -2.45. The molecule has 140 valence electrons. The first kappa shape index (κ1) is 18.2. The maximum atomic E-state index is 12.5. The van der Waals surface area contributed by atoms with Crippen LogP contribution in [0.5, 0.6) is 0 Å². The molecule has 7 heteroatoms. The summed E-state index contributed by atoms with van der Waals surface area (Å²) in [5.74, 6) is -1.88. The standard InChI is InChI=1S/C18H28N2O5/c1-24-17(22)15-12-8-9-13(16(15)18(23)25-2)20(12)10-14(21)19-11-6-4-3-5-7-11/h11-13,15-16H,3-10H2,1-2H3,(H,19,21)/t12-,13+,15-,16-/m1/s1. The zero-order chi connectivity index (χ0) is 18.0. The highest BCUT2D eigenvalue weighted by Gasteiger charge is 2.59. The lowest BCUT2D eigenvalue weighted by atomic mass is 9.79. The van der Waals surface area contributed by atoms with Gasteiger partial charge < -0.3 is 14.8 Å². The highest BCUT2D eigenvalue weighted by atomic mass is 16.5. The van der Waals surface area contributed by atoms with E-state index in [0.29, 0.717) is 0 Å². The Morgan fingerprint density at radius 3 is 1.88 bits per heavy atom. The van der Waals surface area contributed by atoms with Crippen molar-refractivity contribution in [3.8, 4) is 0 Å². The molecule has 1 saturated carbocycles. The monoisotopic (exact) mass is 352 g/mol. The molecule has 25 heavy (non-hydrogen) atoms. The molecule has 3 fully saturated rings. The molecule has 2 heterocycles. The third-order valence-corrected chi connectivity index (χ3v) is 6.07. The molecule has 3 aliphatic rings. The molecule has 0 aromatic rings. The summed E-state index contributed by atoms with van der Waals surface area (Å²) in [7, 11) is 2.67. The molecule has 0 radical (unpaired) electrons. The molecule has 1 amide bonds. The van der Waals surface area contributed by atoms with Gasteiger partial charge in [0, 0.05) is 18.1 Å². The average Bonchev–Trinajstić information content (AvgIpc) is 3.15. The number of hydrogen-bond acceptors (Lipinski definition) is 6. The summed E-state index contributed by atoms with van der Waals surface area (Å²) in [6, 6.07) is 0.00614. The predicted molar refractivity (Wildman–Crippen MR) is 89.5 cm³/mol. The molecule has 2 bridgehead atoms. The number of fused-ring (bicyclic) bond motifs is 2. The van der Waals surface area contributed by atoms with Gasteiger partial charge in [0.15, 0.2) is 0 Å². The highest BCUT2D eigenvalue weighted by molar-refractivity contribution is 5.85. The van der Waals surface area contributed by atoms with Crippen LogP contribution in [0, 0.1) is 11.8 Å². The second-order valence-electron chi connectivity index (χ2n) is 7.38. The molecule has 0 aromatic carbocycles. The first-order chi connectivity index (χ1) is 12.1. The minimum absolute atomic E-state index is 0.0158. The van der Waals surface area contributed by atoms with Gasteiger partial charge >= 0.3 is 11.9 Å². The van der Waals surface area contributed by atoms with Crippen LogP contribution in [0.25, 0.3) is 0 Å². The molecule has 0 spiro atoms. The highest BCUT2D eigenvalue weighted by Crippen LogP contribution is 2.46. The number of amides is 1. The second kappa shape index (κ2) is 7.72. The minimum Gasteiger partial charge on any atom is -0.469 e. The van der Waals surface area contributed by atoms with Crippen LogP contribution in [0.4, 0.5) is 0 Å². The quantitative estimate of drug-likeness (QED) is 0.739. The van der Waals surface area contributed by atoms with Gasteiger partial charge in [-0.1, -0.05) is 19.3 Å². The molecule has 0 unspecified atom stereocenters. The Kier molecular flexibility index (Phi) is 5.61. The molecule has 1 N–H and O–H groups in total. The lowest BCUT2D eigenvalue weighted by molar-refractivity contribution is -0.157. The Balaban J connectivity index is 1.68. The van der Waals surface area contributed by atoms with Gasteiger partial charge in [0.2, 0.25) is 5.91 Å². The summed E-state index contributed by atoms with van der Waals surface area (Å²) in [4.78, 5) is 39.0. The van der Waals surface area contributed by atoms with Crippen molar-refractivity contribution in [2.75, 3.05) is 20.8 Å². The summed E-state index contributed by atoms with van der Waals surface area (Å²) < 4.78 is 9.83.